The van der Waals surface area contributed by atoms with Crippen LogP contribution in [0, 0.1) is 9.39 Å². The summed E-state index contributed by atoms with van der Waals surface area (Å²) in [5, 5.41) is 12.2. The summed E-state index contributed by atoms with van der Waals surface area (Å²) in [6.07, 6.45) is 0.543. The van der Waals surface area contributed by atoms with Crippen molar-refractivity contribution in [3.8, 4) is 0 Å². The maximum atomic E-state index is 13.1. The van der Waals surface area contributed by atoms with E-state index in [0.29, 0.717) is 15.6 Å². The second-order valence-electron chi connectivity index (χ2n) is 4.67. The molecule has 0 spiro atoms. The Bertz CT molecular complexity index is 619. The number of hydrogen-bond donors (Lipinski definition) is 2. The molecule has 0 aliphatic carbocycles. The summed E-state index contributed by atoms with van der Waals surface area (Å²) in [7, 11) is 0. The zero-order chi connectivity index (χ0) is 15.2. The van der Waals surface area contributed by atoms with E-state index in [1.807, 2.05) is 52.9 Å². The molecule has 0 fully saturated rings. The van der Waals surface area contributed by atoms with Crippen LogP contribution < -0.4 is 5.32 Å². The van der Waals surface area contributed by atoms with Crippen LogP contribution in [-0.2, 0) is 6.42 Å². The van der Waals surface area contributed by atoms with Gasteiger partial charge in [0.15, 0.2) is 0 Å². The number of amides is 1. The van der Waals surface area contributed by atoms with Crippen LogP contribution in [0.15, 0.2) is 48.5 Å². The first-order chi connectivity index (χ1) is 10.1. The lowest BCUT2D eigenvalue weighted by molar-refractivity contribution is 0.0915. The lowest BCUT2D eigenvalue weighted by Crippen LogP contribution is -2.39. The van der Waals surface area contributed by atoms with Crippen molar-refractivity contribution in [3.63, 3.8) is 0 Å². The maximum Gasteiger partial charge on any atom is 0.252 e. The molecule has 1 unspecified atom stereocenters. The van der Waals surface area contributed by atoms with Gasteiger partial charge in [-0.15, -0.1) is 0 Å². The van der Waals surface area contributed by atoms with Gasteiger partial charge < -0.3 is 10.4 Å². The van der Waals surface area contributed by atoms with E-state index < -0.39 is 0 Å². The van der Waals surface area contributed by atoms with Crippen LogP contribution in [0.2, 0.25) is 0 Å². The Morgan fingerprint density at radius 2 is 1.95 bits per heavy atom. The molecule has 3 nitrogen and oxygen atoms in total. The van der Waals surface area contributed by atoms with Crippen LogP contribution in [0.5, 0.6) is 0 Å². The molecule has 110 valence electrons. The zero-order valence-electron chi connectivity index (χ0n) is 11.2. The maximum absolute atomic E-state index is 13.1. The molecule has 0 aromatic heterocycles. The molecular weight excluding hydrogens is 384 g/mol. The molecular formula is C16H15FINO2. The highest BCUT2D eigenvalue weighted by molar-refractivity contribution is 14.1. The number of aliphatic hydroxyl groups is 1. The lowest BCUT2D eigenvalue weighted by Gasteiger charge is -2.17. The van der Waals surface area contributed by atoms with E-state index in [-0.39, 0.29) is 24.4 Å². The molecule has 2 rings (SSSR count). The van der Waals surface area contributed by atoms with Crippen molar-refractivity contribution in [1.82, 2.24) is 5.32 Å². The topological polar surface area (TPSA) is 49.3 Å². The molecule has 2 aromatic rings. The van der Waals surface area contributed by atoms with Gasteiger partial charge >= 0.3 is 0 Å². The van der Waals surface area contributed by atoms with Crippen LogP contribution in [0.4, 0.5) is 4.39 Å². The van der Waals surface area contributed by atoms with E-state index >= 15 is 0 Å². The van der Waals surface area contributed by atoms with Crippen LogP contribution in [-0.4, -0.2) is 23.7 Å². The molecule has 0 bridgehead atoms. The van der Waals surface area contributed by atoms with E-state index in [1.54, 1.807) is 0 Å². The Balaban J connectivity index is 2.06. The van der Waals surface area contributed by atoms with E-state index in [2.05, 4.69) is 5.32 Å². The van der Waals surface area contributed by atoms with Gasteiger partial charge in [0.1, 0.15) is 5.82 Å². The molecule has 1 amide bonds. The molecule has 0 heterocycles. The number of carbonyl (C=O) groups is 1. The Hall–Kier alpha value is -1.47. The summed E-state index contributed by atoms with van der Waals surface area (Å²) < 4.78 is 13.6. The predicted molar refractivity (Wildman–Crippen MR) is 87.6 cm³/mol. The molecule has 0 aliphatic heterocycles. The summed E-state index contributed by atoms with van der Waals surface area (Å²) in [6, 6.07) is 13.2. The fraction of sp³-hybridized carbons (Fsp3) is 0.188. The summed E-state index contributed by atoms with van der Waals surface area (Å²) in [5.41, 5.74) is 1.44. The van der Waals surface area contributed by atoms with Crippen molar-refractivity contribution in [3.05, 3.63) is 69.0 Å². The van der Waals surface area contributed by atoms with Crippen LogP contribution in [0.3, 0.4) is 0 Å². The molecule has 0 saturated heterocycles. The van der Waals surface area contributed by atoms with Gasteiger partial charge in [0, 0.05) is 3.57 Å². The highest BCUT2D eigenvalue weighted by Gasteiger charge is 2.16. The van der Waals surface area contributed by atoms with Crippen LogP contribution in [0.1, 0.15) is 15.9 Å². The quantitative estimate of drug-likeness (QED) is 0.760. The average molecular weight is 399 g/mol. The molecule has 5 heteroatoms. The second kappa shape index (κ2) is 7.51. The summed E-state index contributed by atoms with van der Waals surface area (Å²) in [4.78, 5) is 12.2. The van der Waals surface area contributed by atoms with Crippen molar-refractivity contribution >= 4 is 28.5 Å². The third kappa shape index (κ3) is 4.50. The molecule has 2 N–H and O–H groups in total. The summed E-state index contributed by atoms with van der Waals surface area (Å²) in [6.45, 7) is -0.154. The minimum absolute atomic E-state index is 0.154. The number of hydrogen-bond acceptors (Lipinski definition) is 2. The molecule has 0 aliphatic rings. The van der Waals surface area contributed by atoms with Gasteiger partial charge in [-0.05, 0) is 52.8 Å². The van der Waals surface area contributed by atoms with Gasteiger partial charge in [-0.1, -0.05) is 30.3 Å². The minimum atomic E-state index is -0.376. The third-order valence-electron chi connectivity index (χ3n) is 3.06. The van der Waals surface area contributed by atoms with Crippen molar-refractivity contribution in [2.24, 2.45) is 0 Å². The number of carbonyl (C=O) groups excluding carboxylic acids is 1. The molecule has 0 saturated carbocycles. The number of aliphatic hydroxyl groups excluding tert-OH is 1. The standard InChI is InChI=1S/C16H15FINO2/c17-12-6-7-14(15(18)9-12)16(21)19-13(10-20)8-11-4-2-1-3-5-11/h1-7,9,13,20H,8,10H2,(H,19,21). The van der Waals surface area contributed by atoms with E-state index in [9.17, 15) is 14.3 Å². The number of benzene rings is 2. The first-order valence-corrected chi connectivity index (χ1v) is 7.58. The normalized spacial score (nSPS) is 12.0. The van der Waals surface area contributed by atoms with E-state index in [0.717, 1.165) is 5.56 Å². The Morgan fingerprint density at radius 3 is 2.57 bits per heavy atom. The average Bonchev–Trinajstić information content (AvgIpc) is 2.47. The predicted octanol–water partition coefficient (Wildman–Crippen LogP) is 2.76. The summed E-state index contributed by atoms with van der Waals surface area (Å²) in [5.74, 6) is -0.687. The lowest BCUT2D eigenvalue weighted by atomic mass is 10.1. The van der Waals surface area contributed by atoms with Crippen LogP contribution in [0.25, 0.3) is 0 Å². The highest BCUT2D eigenvalue weighted by Crippen LogP contribution is 2.14. The van der Waals surface area contributed by atoms with Gasteiger partial charge in [0.2, 0.25) is 0 Å². The fourth-order valence-corrected chi connectivity index (χ4v) is 2.72. The van der Waals surface area contributed by atoms with Crippen molar-refractivity contribution in [2.45, 2.75) is 12.5 Å². The zero-order valence-corrected chi connectivity index (χ0v) is 13.4. The Labute approximate surface area is 136 Å². The van der Waals surface area contributed by atoms with Crippen molar-refractivity contribution in [1.29, 1.82) is 0 Å². The van der Waals surface area contributed by atoms with Gasteiger partial charge in [-0.25, -0.2) is 4.39 Å². The molecule has 1 atom stereocenters. The van der Waals surface area contributed by atoms with Gasteiger partial charge in [-0.2, -0.15) is 0 Å². The van der Waals surface area contributed by atoms with Crippen LogP contribution >= 0.6 is 22.6 Å². The largest absolute Gasteiger partial charge is 0.394 e. The molecule has 21 heavy (non-hydrogen) atoms. The van der Waals surface area contributed by atoms with Gasteiger partial charge in [0.05, 0.1) is 18.2 Å². The van der Waals surface area contributed by atoms with Crippen molar-refractivity contribution < 1.29 is 14.3 Å². The SMILES string of the molecule is O=C(NC(CO)Cc1ccccc1)c1ccc(F)cc1I. The third-order valence-corrected chi connectivity index (χ3v) is 3.95. The van der Waals surface area contributed by atoms with E-state index in [1.165, 1.54) is 18.2 Å². The molecule has 2 aromatic carbocycles. The fourth-order valence-electron chi connectivity index (χ4n) is 2.00. The minimum Gasteiger partial charge on any atom is -0.394 e. The van der Waals surface area contributed by atoms with Crippen molar-refractivity contribution in [2.75, 3.05) is 6.61 Å². The number of halogens is 2. The molecule has 0 radical (unpaired) electrons. The Kier molecular flexibility index (Phi) is 5.69. The monoisotopic (exact) mass is 399 g/mol. The number of nitrogens with one attached hydrogen (secondary N) is 1. The van der Waals surface area contributed by atoms with E-state index in [4.69, 9.17) is 0 Å². The first-order valence-electron chi connectivity index (χ1n) is 6.51. The number of rotatable bonds is 5. The first kappa shape index (κ1) is 15.9. The summed E-state index contributed by atoms with van der Waals surface area (Å²) >= 11 is 1.92. The second-order valence-corrected chi connectivity index (χ2v) is 5.83. The van der Waals surface area contributed by atoms with Gasteiger partial charge in [0.25, 0.3) is 5.91 Å². The highest BCUT2D eigenvalue weighted by atomic mass is 127. The smallest absolute Gasteiger partial charge is 0.252 e. The Morgan fingerprint density at radius 1 is 1.24 bits per heavy atom. The van der Waals surface area contributed by atoms with Gasteiger partial charge in [-0.3, -0.25) is 4.79 Å².